The molecule has 1 aromatic rings. The quantitative estimate of drug-likeness (QED) is 0.827. The Hall–Kier alpha value is -1.84. The van der Waals surface area contributed by atoms with Gasteiger partial charge in [0.2, 0.25) is 11.8 Å². The Bertz CT molecular complexity index is 583. The summed E-state index contributed by atoms with van der Waals surface area (Å²) in [5.74, 6) is 0.905. The van der Waals surface area contributed by atoms with Crippen molar-refractivity contribution in [1.82, 2.24) is 10.2 Å². The van der Waals surface area contributed by atoms with Crippen molar-refractivity contribution >= 4 is 11.8 Å². The average Bonchev–Trinajstić information content (AvgIpc) is 3.47. The van der Waals surface area contributed by atoms with E-state index in [4.69, 9.17) is 0 Å². The van der Waals surface area contributed by atoms with Gasteiger partial charge < -0.3 is 10.2 Å². The summed E-state index contributed by atoms with van der Waals surface area (Å²) in [7, 11) is 0. The number of nitrogens with zero attached hydrogens (tertiary/aromatic N) is 1. The van der Waals surface area contributed by atoms with Crippen molar-refractivity contribution in [3.63, 3.8) is 0 Å². The van der Waals surface area contributed by atoms with Gasteiger partial charge in [-0.2, -0.15) is 0 Å². The molecule has 2 unspecified atom stereocenters. The minimum atomic E-state index is -0.0495. The third kappa shape index (κ3) is 5.07. The molecule has 1 N–H and O–H groups in total. The Morgan fingerprint density at radius 1 is 1.20 bits per heavy atom. The number of rotatable bonds is 7. The lowest BCUT2D eigenvalue weighted by Gasteiger charge is -2.33. The van der Waals surface area contributed by atoms with Gasteiger partial charge in [-0.25, -0.2) is 0 Å². The Kier molecular flexibility index (Phi) is 6.11. The minimum Gasteiger partial charge on any atom is -0.352 e. The van der Waals surface area contributed by atoms with Crippen LogP contribution in [0.15, 0.2) is 30.3 Å². The highest BCUT2D eigenvalue weighted by molar-refractivity contribution is 5.81. The van der Waals surface area contributed by atoms with Crippen molar-refractivity contribution < 1.29 is 9.59 Å². The van der Waals surface area contributed by atoms with E-state index in [0.717, 1.165) is 32.2 Å². The lowest BCUT2D eigenvalue weighted by Crippen LogP contribution is -2.48. The zero-order valence-corrected chi connectivity index (χ0v) is 15.2. The van der Waals surface area contributed by atoms with E-state index in [1.807, 2.05) is 17.9 Å². The Labute approximate surface area is 151 Å². The first-order valence-corrected chi connectivity index (χ1v) is 9.79. The molecule has 2 aliphatic rings. The van der Waals surface area contributed by atoms with Gasteiger partial charge in [-0.05, 0) is 50.0 Å². The Balaban J connectivity index is 1.56. The monoisotopic (exact) mass is 342 g/mol. The highest BCUT2D eigenvalue weighted by atomic mass is 16.2. The zero-order valence-electron chi connectivity index (χ0n) is 15.2. The summed E-state index contributed by atoms with van der Waals surface area (Å²) in [6, 6.07) is 10.6. The van der Waals surface area contributed by atoms with Gasteiger partial charge in [0, 0.05) is 25.6 Å². The molecule has 2 amide bonds. The lowest BCUT2D eigenvalue weighted by molar-refractivity contribution is -0.136. The smallest absolute Gasteiger partial charge is 0.225 e. The van der Waals surface area contributed by atoms with Crippen LogP contribution in [0.4, 0.5) is 0 Å². The third-order valence-electron chi connectivity index (χ3n) is 5.43. The summed E-state index contributed by atoms with van der Waals surface area (Å²) < 4.78 is 0. The minimum absolute atomic E-state index is 0.0495. The average molecular weight is 342 g/mol. The third-order valence-corrected chi connectivity index (χ3v) is 5.43. The summed E-state index contributed by atoms with van der Waals surface area (Å²) in [6.45, 7) is 3.42. The number of likely N-dealkylation sites (tertiary alicyclic amines) is 1. The van der Waals surface area contributed by atoms with Gasteiger partial charge in [0.1, 0.15) is 0 Å². The van der Waals surface area contributed by atoms with Crippen LogP contribution in [0.3, 0.4) is 0 Å². The summed E-state index contributed by atoms with van der Waals surface area (Å²) in [5, 5.41) is 3.31. The highest BCUT2D eigenvalue weighted by Crippen LogP contribution is 2.34. The normalized spacial score (nSPS) is 21.6. The van der Waals surface area contributed by atoms with Gasteiger partial charge in [-0.15, -0.1) is 0 Å². The molecule has 1 aliphatic carbocycles. The second-order valence-corrected chi connectivity index (χ2v) is 7.57. The summed E-state index contributed by atoms with van der Waals surface area (Å²) in [5.41, 5.74) is 1.28. The Morgan fingerprint density at radius 2 is 1.96 bits per heavy atom. The van der Waals surface area contributed by atoms with Crippen LogP contribution in [-0.4, -0.2) is 35.8 Å². The highest BCUT2D eigenvalue weighted by Gasteiger charge is 2.35. The van der Waals surface area contributed by atoms with E-state index in [1.54, 1.807) is 0 Å². The van der Waals surface area contributed by atoms with Crippen molar-refractivity contribution in [2.45, 2.75) is 57.9 Å². The summed E-state index contributed by atoms with van der Waals surface area (Å²) >= 11 is 0. The maximum atomic E-state index is 12.8. The molecule has 1 saturated heterocycles. The predicted octanol–water partition coefficient (Wildman–Crippen LogP) is 3.16. The van der Waals surface area contributed by atoms with Crippen molar-refractivity contribution in [3.05, 3.63) is 35.9 Å². The van der Waals surface area contributed by atoms with E-state index < -0.39 is 0 Å². The molecule has 0 radical (unpaired) electrons. The van der Waals surface area contributed by atoms with Crippen LogP contribution >= 0.6 is 0 Å². The molecule has 25 heavy (non-hydrogen) atoms. The molecule has 0 aromatic heterocycles. The number of benzene rings is 1. The maximum Gasteiger partial charge on any atom is 0.225 e. The Morgan fingerprint density at radius 3 is 2.64 bits per heavy atom. The van der Waals surface area contributed by atoms with Crippen molar-refractivity contribution in [3.8, 4) is 0 Å². The number of carbonyl (C=O) groups is 2. The number of amides is 2. The fraction of sp³-hybridized carbons (Fsp3) is 0.619. The lowest BCUT2D eigenvalue weighted by atomic mass is 9.95. The molecule has 0 bridgehead atoms. The maximum absolute atomic E-state index is 12.8. The molecule has 3 rings (SSSR count). The van der Waals surface area contributed by atoms with E-state index in [0.29, 0.717) is 18.9 Å². The molecule has 1 saturated carbocycles. The fourth-order valence-corrected chi connectivity index (χ4v) is 3.79. The largest absolute Gasteiger partial charge is 0.352 e. The van der Waals surface area contributed by atoms with E-state index >= 15 is 0 Å². The zero-order chi connectivity index (χ0) is 17.6. The summed E-state index contributed by atoms with van der Waals surface area (Å²) in [6.07, 6.45) is 6.61. The number of hydrogen-bond donors (Lipinski definition) is 1. The van der Waals surface area contributed by atoms with Crippen LogP contribution < -0.4 is 5.32 Å². The topological polar surface area (TPSA) is 49.4 Å². The second kappa shape index (κ2) is 8.50. The van der Waals surface area contributed by atoms with Crippen molar-refractivity contribution in [1.29, 1.82) is 0 Å². The molecule has 4 nitrogen and oxygen atoms in total. The van der Waals surface area contributed by atoms with Crippen molar-refractivity contribution in [2.75, 3.05) is 13.1 Å². The first-order valence-electron chi connectivity index (χ1n) is 9.79. The van der Waals surface area contributed by atoms with Crippen LogP contribution in [0.1, 0.15) is 51.0 Å². The van der Waals surface area contributed by atoms with E-state index in [2.05, 4.69) is 29.6 Å². The first-order chi connectivity index (χ1) is 12.2. The van der Waals surface area contributed by atoms with Gasteiger partial charge in [-0.3, -0.25) is 9.59 Å². The number of carbonyl (C=O) groups excluding carboxylic acids is 2. The van der Waals surface area contributed by atoms with E-state index in [1.165, 1.54) is 18.4 Å². The predicted molar refractivity (Wildman–Crippen MR) is 99.0 cm³/mol. The first kappa shape index (κ1) is 18.0. The molecular formula is C21H30N2O2. The van der Waals surface area contributed by atoms with Gasteiger partial charge in [0.25, 0.3) is 0 Å². The van der Waals surface area contributed by atoms with Gasteiger partial charge >= 0.3 is 0 Å². The summed E-state index contributed by atoms with van der Waals surface area (Å²) in [4.78, 5) is 26.8. The van der Waals surface area contributed by atoms with E-state index in [-0.39, 0.29) is 23.8 Å². The van der Waals surface area contributed by atoms with Crippen LogP contribution in [-0.2, 0) is 16.0 Å². The van der Waals surface area contributed by atoms with Crippen LogP contribution in [0.5, 0.6) is 0 Å². The molecule has 1 aromatic carbocycles. The molecule has 4 heteroatoms. The van der Waals surface area contributed by atoms with Crippen LogP contribution in [0, 0.1) is 11.8 Å². The molecule has 1 heterocycles. The molecule has 2 fully saturated rings. The fourth-order valence-electron chi connectivity index (χ4n) is 3.79. The standard InChI is InChI=1S/C21H30N2O2/c1-2-7-20(24)23-13-6-10-18(15-23)21(25)22-19(17-11-12-17)14-16-8-4-3-5-9-16/h3-5,8-9,17-19H,2,6-7,10-15H2,1H3,(H,22,25). The molecular weight excluding hydrogens is 312 g/mol. The molecule has 136 valence electrons. The second-order valence-electron chi connectivity index (χ2n) is 7.57. The number of hydrogen-bond acceptors (Lipinski definition) is 2. The number of piperidine rings is 1. The SMILES string of the molecule is CCCC(=O)N1CCCC(C(=O)NC(Cc2ccccc2)C2CC2)C1. The number of nitrogens with one attached hydrogen (secondary N) is 1. The van der Waals surface area contributed by atoms with Gasteiger partial charge in [0.05, 0.1) is 5.92 Å². The van der Waals surface area contributed by atoms with Crippen LogP contribution in [0.25, 0.3) is 0 Å². The van der Waals surface area contributed by atoms with Crippen molar-refractivity contribution in [2.24, 2.45) is 11.8 Å². The van der Waals surface area contributed by atoms with E-state index in [9.17, 15) is 9.59 Å². The van der Waals surface area contributed by atoms with Crippen LogP contribution in [0.2, 0.25) is 0 Å². The van der Waals surface area contributed by atoms with Gasteiger partial charge in [-0.1, -0.05) is 37.3 Å². The molecule has 0 spiro atoms. The molecule has 2 atom stereocenters. The molecule has 1 aliphatic heterocycles. The van der Waals surface area contributed by atoms with Gasteiger partial charge in [0.15, 0.2) is 0 Å².